The second kappa shape index (κ2) is 7.43. The molecule has 0 spiro atoms. The summed E-state index contributed by atoms with van der Waals surface area (Å²) in [5.74, 6) is 0.989. The SMILES string of the molecule is Cc1cccc(OCCCCSC(C)(C)C(=O)O)c1. The van der Waals surface area contributed by atoms with Crippen LogP contribution in [0.25, 0.3) is 0 Å². The average Bonchev–Trinajstić information content (AvgIpc) is 2.33. The fraction of sp³-hybridized carbons (Fsp3) is 0.533. The van der Waals surface area contributed by atoms with Crippen molar-refractivity contribution in [2.45, 2.75) is 38.4 Å². The number of ether oxygens (including phenoxy) is 1. The van der Waals surface area contributed by atoms with Crippen LogP contribution in [-0.2, 0) is 4.79 Å². The van der Waals surface area contributed by atoms with Gasteiger partial charge in [-0.2, -0.15) is 0 Å². The van der Waals surface area contributed by atoms with E-state index in [0.717, 1.165) is 24.3 Å². The highest BCUT2D eigenvalue weighted by molar-refractivity contribution is 8.01. The van der Waals surface area contributed by atoms with E-state index in [1.807, 2.05) is 31.2 Å². The van der Waals surface area contributed by atoms with Crippen LogP contribution in [0.15, 0.2) is 24.3 Å². The standard InChI is InChI=1S/C15H22O3S/c1-12-7-6-8-13(11-12)18-9-4-5-10-19-15(2,3)14(16)17/h6-8,11H,4-5,9-10H2,1-3H3,(H,16,17). The van der Waals surface area contributed by atoms with Crippen LogP contribution in [0.2, 0.25) is 0 Å². The fourth-order valence-electron chi connectivity index (χ4n) is 1.49. The van der Waals surface area contributed by atoms with Gasteiger partial charge in [-0.05, 0) is 57.1 Å². The van der Waals surface area contributed by atoms with Crippen molar-refractivity contribution in [2.75, 3.05) is 12.4 Å². The van der Waals surface area contributed by atoms with Gasteiger partial charge in [-0.15, -0.1) is 11.8 Å². The van der Waals surface area contributed by atoms with Gasteiger partial charge in [-0.25, -0.2) is 0 Å². The molecule has 0 fully saturated rings. The topological polar surface area (TPSA) is 46.5 Å². The molecule has 0 aliphatic rings. The molecule has 0 saturated heterocycles. The van der Waals surface area contributed by atoms with Crippen molar-refractivity contribution in [3.8, 4) is 5.75 Å². The molecule has 1 rings (SSSR count). The smallest absolute Gasteiger partial charge is 0.319 e. The van der Waals surface area contributed by atoms with Crippen molar-refractivity contribution in [1.82, 2.24) is 0 Å². The summed E-state index contributed by atoms with van der Waals surface area (Å²) in [5, 5.41) is 8.97. The number of carbonyl (C=O) groups is 1. The monoisotopic (exact) mass is 282 g/mol. The molecular weight excluding hydrogens is 260 g/mol. The van der Waals surface area contributed by atoms with Gasteiger partial charge in [0.2, 0.25) is 0 Å². The number of aliphatic carboxylic acids is 1. The summed E-state index contributed by atoms with van der Waals surface area (Å²) >= 11 is 1.48. The van der Waals surface area contributed by atoms with Crippen molar-refractivity contribution in [3.05, 3.63) is 29.8 Å². The number of thioether (sulfide) groups is 1. The van der Waals surface area contributed by atoms with Gasteiger partial charge in [0.15, 0.2) is 0 Å². The highest BCUT2D eigenvalue weighted by Crippen LogP contribution is 2.25. The van der Waals surface area contributed by atoms with Crippen LogP contribution < -0.4 is 4.74 Å². The van der Waals surface area contributed by atoms with Crippen LogP contribution in [0.4, 0.5) is 0 Å². The third-order valence-electron chi connectivity index (χ3n) is 2.77. The largest absolute Gasteiger partial charge is 0.494 e. The Bertz CT molecular complexity index is 416. The molecule has 0 aliphatic heterocycles. The lowest BCUT2D eigenvalue weighted by molar-refractivity contribution is -0.138. The molecule has 1 N–H and O–H groups in total. The van der Waals surface area contributed by atoms with Gasteiger partial charge in [0, 0.05) is 0 Å². The Kier molecular flexibility index (Phi) is 6.22. The van der Waals surface area contributed by atoms with E-state index in [9.17, 15) is 4.79 Å². The molecule has 4 heteroatoms. The van der Waals surface area contributed by atoms with Crippen molar-refractivity contribution >= 4 is 17.7 Å². The Morgan fingerprint density at radius 1 is 1.37 bits per heavy atom. The number of aryl methyl sites for hydroxylation is 1. The quantitative estimate of drug-likeness (QED) is 0.738. The predicted molar refractivity (Wildman–Crippen MR) is 80.1 cm³/mol. The molecule has 106 valence electrons. The molecular formula is C15H22O3S. The lowest BCUT2D eigenvalue weighted by atomic mass is 10.2. The Morgan fingerprint density at radius 2 is 2.11 bits per heavy atom. The summed E-state index contributed by atoms with van der Waals surface area (Å²) in [5.41, 5.74) is 1.19. The van der Waals surface area contributed by atoms with Gasteiger partial charge < -0.3 is 9.84 Å². The van der Waals surface area contributed by atoms with Gasteiger partial charge >= 0.3 is 5.97 Å². The number of hydrogen-bond donors (Lipinski definition) is 1. The van der Waals surface area contributed by atoms with Crippen molar-refractivity contribution < 1.29 is 14.6 Å². The van der Waals surface area contributed by atoms with Crippen LogP contribution in [0, 0.1) is 6.92 Å². The molecule has 0 bridgehead atoms. The Balaban J connectivity index is 2.14. The van der Waals surface area contributed by atoms with E-state index in [-0.39, 0.29) is 0 Å². The molecule has 0 saturated carbocycles. The first-order chi connectivity index (χ1) is 8.92. The predicted octanol–water partition coefficient (Wildman–Crippen LogP) is 3.75. The third kappa shape index (κ3) is 6.01. The van der Waals surface area contributed by atoms with Gasteiger partial charge in [0.25, 0.3) is 0 Å². The van der Waals surface area contributed by atoms with E-state index in [1.54, 1.807) is 13.8 Å². The van der Waals surface area contributed by atoms with Crippen molar-refractivity contribution in [3.63, 3.8) is 0 Å². The summed E-state index contributed by atoms with van der Waals surface area (Å²) < 4.78 is 4.94. The maximum Gasteiger partial charge on any atom is 0.319 e. The first kappa shape index (κ1) is 15.9. The zero-order valence-corrected chi connectivity index (χ0v) is 12.6. The molecule has 0 unspecified atom stereocenters. The number of carboxylic acid groups (broad SMARTS) is 1. The highest BCUT2D eigenvalue weighted by Gasteiger charge is 2.26. The molecule has 3 nitrogen and oxygen atoms in total. The molecule has 0 radical (unpaired) electrons. The minimum Gasteiger partial charge on any atom is -0.494 e. The Morgan fingerprint density at radius 3 is 2.74 bits per heavy atom. The van der Waals surface area contributed by atoms with Crippen LogP contribution in [-0.4, -0.2) is 28.2 Å². The normalized spacial score (nSPS) is 11.3. The van der Waals surface area contributed by atoms with Crippen molar-refractivity contribution in [2.24, 2.45) is 0 Å². The van der Waals surface area contributed by atoms with Crippen LogP contribution in [0.3, 0.4) is 0 Å². The molecule has 0 amide bonds. The maximum absolute atomic E-state index is 10.9. The van der Waals surface area contributed by atoms with Gasteiger partial charge in [-0.1, -0.05) is 12.1 Å². The van der Waals surface area contributed by atoms with E-state index in [1.165, 1.54) is 17.3 Å². The lowest BCUT2D eigenvalue weighted by Crippen LogP contribution is -2.27. The first-order valence-corrected chi connectivity index (χ1v) is 7.47. The van der Waals surface area contributed by atoms with E-state index in [0.29, 0.717) is 6.61 Å². The molecule has 0 atom stereocenters. The van der Waals surface area contributed by atoms with Crippen LogP contribution >= 0.6 is 11.8 Å². The minimum absolute atomic E-state index is 0.678. The maximum atomic E-state index is 10.9. The van der Waals surface area contributed by atoms with E-state index in [2.05, 4.69) is 0 Å². The fourth-order valence-corrected chi connectivity index (χ4v) is 2.47. The number of benzene rings is 1. The van der Waals surface area contributed by atoms with Crippen LogP contribution in [0.5, 0.6) is 5.75 Å². The highest BCUT2D eigenvalue weighted by atomic mass is 32.2. The number of unbranched alkanes of at least 4 members (excludes halogenated alkanes) is 1. The minimum atomic E-state index is -0.756. The third-order valence-corrected chi connectivity index (χ3v) is 4.16. The lowest BCUT2D eigenvalue weighted by Gasteiger charge is -2.18. The van der Waals surface area contributed by atoms with E-state index >= 15 is 0 Å². The molecule has 1 aromatic carbocycles. The number of carboxylic acids is 1. The van der Waals surface area contributed by atoms with Crippen molar-refractivity contribution in [1.29, 1.82) is 0 Å². The number of hydrogen-bond acceptors (Lipinski definition) is 3. The number of rotatable bonds is 8. The molecule has 0 aromatic heterocycles. The van der Waals surface area contributed by atoms with Gasteiger partial charge in [-0.3, -0.25) is 4.79 Å². The summed E-state index contributed by atoms with van der Waals surface area (Å²) in [6.45, 7) is 6.20. The van der Waals surface area contributed by atoms with Gasteiger partial charge in [0.05, 0.1) is 6.61 Å². The van der Waals surface area contributed by atoms with E-state index < -0.39 is 10.7 Å². The zero-order valence-electron chi connectivity index (χ0n) is 11.8. The average molecular weight is 282 g/mol. The molecule has 0 heterocycles. The van der Waals surface area contributed by atoms with Crippen LogP contribution in [0.1, 0.15) is 32.3 Å². The molecule has 0 aliphatic carbocycles. The molecule has 19 heavy (non-hydrogen) atoms. The Labute approximate surface area is 119 Å². The summed E-state index contributed by atoms with van der Waals surface area (Å²) in [6.07, 6.45) is 1.91. The summed E-state index contributed by atoms with van der Waals surface area (Å²) in [4.78, 5) is 10.9. The summed E-state index contributed by atoms with van der Waals surface area (Å²) in [7, 11) is 0. The summed E-state index contributed by atoms with van der Waals surface area (Å²) in [6, 6.07) is 7.99. The molecule has 1 aromatic rings. The zero-order chi connectivity index (χ0) is 14.3. The second-order valence-corrected chi connectivity index (χ2v) is 6.75. The van der Waals surface area contributed by atoms with Gasteiger partial charge in [0.1, 0.15) is 10.5 Å². The Hall–Kier alpha value is -1.16. The second-order valence-electron chi connectivity index (χ2n) is 5.04. The van der Waals surface area contributed by atoms with E-state index in [4.69, 9.17) is 9.84 Å². The first-order valence-electron chi connectivity index (χ1n) is 6.48.